The van der Waals surface area contributed by atoms with Gasteiger partial charge in [-0.25, -0.2) is 4.79 Å². The van der Waals surface area contributed by atoms with Crippen LogP contribution >= 0.6 is 0 Å². The van der Waals surface area contributed by atoms with Crippen molar-refractivity contribution in [3.05, 3.63) is 0 Å². The summed E-state index contributed by atoms with van der Waals surface area (Å²) in [4.78, 5) is 22.3. The van der Waals surface area contributed by atoms with Crippen molar-refractivity contribution in [2.45, 2.75) is 32.4 Å². The normalized spacial score (nSPS) is 16.2. The predicted octanol–water partition coefficient (Wildman–Crippen LogP) is -0.424. The van der Waals surface area contributed by atoms with Crippen LogP contribution < -0.4 is 11.1 Å². The molecule has 16 heavy (non-hydrogen) atoms. The van der Waals surface area contributed by atoms with E-state index in [9.17, 15) is 9.59 Å². The van der Waals surface area contributed by atoms with Crippen LogP contribution in [0, 0.1) is 5.92 Å². The first-order valence-electron chi connectivity index (χ1n) is 5.21. The summed E-state index contributed by atoms with van der Waals surface area (Å²) in [5.41, 5.74) is 5.67. The van der Waals surface area contributed by atoms with Gasteiger partial charge in [0.1, 0.15) is 0 Å². The number of rotatable bonds is 7. The molecule has 0 saturated heterocycles. The maximum absolute atomic E-state index is 11.6. The Bertz CT molecular complexity index is 245. The van der Waals surface area contributed by atoms with Crippen molar-refractivity contribution in [1.29, 1.82) is 0 Å². The third kappa shape index (κ3) is 4.59. The first-order chi connectivity index (χ1) is 7.43. The molecule has 0 saturated carbocycles. The van der Waals surface area contributed by atoms with Crippen molar-refractivity contribution >= 4 is 11.9 Å². The van der Waals surface area contributed by atoms with Crippen molar-refractivity contribution in [3.63, 3.8) is 0 Å². The van der Waals surface area contributed by atoms with Crippen molar-refractivity contribution in [1.82, 2.24) is 5.32 Å². The van der Waals surface area contributed by atoms with Gasteiger partial charge in [0.15, 0.2) is 6.04 Å². The molecule has 0 fully saturated rings. The number of methoxy groups -OCH3 is 1. The van der Waals surface area contributed by atoms with E-state index in [-0.39, 0.29) is 12.5 Å². The van der Waals surface area contributed by atoms with Crippen molar-refractivity contribution in [3.8, 4) is 0 Å². The fourth-order valence-electron chi connectivity index (χ4n) is 1.12. The average molecular weight is 232 g/mol. The van der Waals surface area contributed by atoms with E-state index in [0.29, 0.717) is 0 Å². The Balaban J connectivity index is 4.34. The second kappa shape index (κ2) is 7.19. The standard InChI is InChI=1S/C10H20N2O4/c1-4-6(2)8(11)9(13)12-7(5-16-3)10(14)15/h6-8H,4-5,11H2,1-3H3,(H,12,13)(H,14,15)/t6-,7?,8-/m0/s1. The van der Waals surface area contributed by atoms with Gasteiger partial charge in [-0.2, -0.15) is 0 Å². The molecule has 0 spiro atoms. The van der Waals surface area contributed by atoms with Gasteiger partial charge >= 0.3 is 5.97 Å². The molecule has 0 aliphatic carbocycles. The molecule has 0 aromatic carbocycles. The summed E-state index contributed by atoms with van der Waals surface area (Å²) in [7, 11) is 1.37. The predicted molar refractivity (Wildman–Crippen MR) is 58.9 cm³/mol. The third-order valence-electron chi connectivity index (χ3n) is 2.51. The smallest absolute Gasteiger partial charge is 0.328 e. The molecule has 1 unspecified atom stereocenters. The summed E-state index contributed by atoms with van der Waals surface area (Å²) >= 11 is 0. The average Bonchev–Trinajstić information content (AvgIpc) is 2.25. The Hall–Kier alpha value is -1.14. The fraction of sp³-hybridized carbons (Fsp3) is 0.800. The second-order valence-electron chi connectivity index (χ2n) is 3.77. The number of aliphatic carboxylic acids is 1. The number of hydrogen-bond acceptors (Lipinski definition) is 4. The molecule has 0 bridgehead atoms. The Labute approximate surface area is 95.1 Å². The Kier molecular flexibility index (Phi) is 6.67. The van der Waals surface area contributed by atoms with Crippen molar-refractivity contribution in [2.24, 2.45) is 11.7 Å². The highest BCUT2D eigenvalue weighted by atomic mass is 16.5. The van der Waals surface area contributed by atoms with E-state index in [1.807, 2.05) is 13.8 Å². The molecule has 0 aromatic heterocycles. The topological polar surface area (TPSA) is 102 Å². The summed E-state index contributed by atoms with van der Waals surface area (Å²) in [6.45, 7) is 3.69. The molecular weight excluding hydrogens is 212 g/mol. The lowest BCUT2D eigenvalue weighted by Gasteiger charge is -2.20. The van der Waals surface area contributed by atoms with E-state index in [0.717, 1.165) is 6.42 Å². The van der Waals surface area contributed by atoms with Gasteiger partial charge in [-0.1, -0.05) is 20.3 Å². The van der Waals surface area contributed by atoms with Crippen molar-refractivity contribution < 1.29 is 19.4 Å². The van der Waals surface area contributed by atoms with E-state index in [2.05, 4.69) is 5.32 Å². The maximum atomic E-state index is 11.6. The first-order valence-corrected chi connectivity index (χ1v) is 5.21. The van der Waals surface area contributed by atoms with E-state index in [1.165, 1.54) is 7.11 Å². The molecule has 0 aliphatic rings. The molecule has 6 nitrogen and oxygen atoms in total. The highest BCUT2D eigenvalue weighted by Gasteiger charge is 2.25. The quantitative estimate of drug-likeness (QED) is 0.553. The van der Waals surface area contributed by atoms with Crippen LogP contribution in [0.25, 0.3) is 0 Å². The SMILES string of the molecule is CC[C@H](C)[C@H](N)C(=O)NC(COC)C(=O)O. The van der Waals surface area contributed by atoms with Crippen LogP contribution in [0.1, 0.15) is 20.3 Å². The van der Waals surface area contributed by atoms with Gasteiger partial charge in [0.25, 0.3) is 0 Å². The number of nitrogens with two attached hydrogens (primary N) is 1. The lowest BCUT2D eigenvalue weighted by atomic mass is 9.99. The number of nitrogens with one attached hydrogen (secondary N) is 1. The number of ether oxygens (including phenoxy) is 1. The van der Waals surface area contributed by atoms with Crippen LogP contribution in [0.5, 0.6) is 0 Å². The minimum absolute atomic E-state index is 0.0111. The van der Waals surface area contributed by atoms with Crippen LogP contribution in [0.2, 0.25) is 0 Å². The molecule has 0 aromatic rings. The molecule has 0 aliphatic heterocycles. The second-order valence-corrected chi connectivity index (χ2v) is 3.77. The van der Waals surface area contributed by atoms with Crippen molar-refractivity contribution in [2.75, 3.05) is 13.7 Å². The van der Waals surface area contributed by atoms with Gasteiger partial charge in [-0.05, 0) is 5.92 Å². The molecule has 0 rings (SSSR count). The third-order valence-corrected chi connectivity index (χ3v) is 2.51. The van der Waals surface area contributed by atoms with E-state index in [4.69, 9.17) is 15.6 Å². The summed E-state index contributed by atoms with van der Waals surface area (Å²) in [5, 5.41) is 11.1. The highest BCUT2D eigenvalue weighted by molar-refractivity contribution is 5.87. The van der Waals surface area contributed by atoms with Crippen LogP contribution in [0.4, 0.5) is 0 Å². The van der Waals surface area contributed by atoms with Gasteiger partial charge in [0.05, 0.1) is 12.6 Å². The molecular formula is C10H20N2O4. The van der Waals surface area contributed by atoms with Gasteiger partial charge in [-0.15, -0.1) is 0 Å². The van der Waals surface area contributed by atoms with Gasteiger partial charge in [-0.3, -0.25) is 4.79 Å². The van der Waals surface area contributed by atoms with Crippen LogP contribution in [0.15, 0.2) is 0 Å². The minimum atomic E-state index is -1.13. The summed E-state index contributed by atoms with van der Waals surface area (Å²) in [6, 6.07) is -1.74. The Morgan fingerprint density at radius 3 is 2.44 bits per heavy atom. The molecule has 4 N–H and O–H groups in total. The van der Waals surface area contributed by atoms with Gasteiger partial charge < -0.3 is 20.9 Å². The first kappa shape index (κ1) is 14.9. The minimum Gasteiger partial charge on any atom is -0.480 e. The molecule has 3 atom stereocenters. The monoisotopic (exact) mass is 232 g/mol. The number of carbonyl (C=O) groups excluding carboxylic acids is 1. The Morgan fingerprint density at radius 2 is 2.06 bits per heavy atom. The van der Waals surface area contributed by atoms with Crippen LogP contribution in [-0.4, -0.2) is 42.8 Å². The number of carboxylic acids is 1. The highest BCUT2D eigenvalue weighted by Crippen LogP contribution is 2.05. The lowest BCUT2D eigenvalue weighted by Crippen LogP contribution is -2.52. The summed E-state index contributed by atoms with van der Waals surface area (Å²) in [6.07, 6.45) is 0.761. The van der Waals surface area contributed by atoms with E-state index >= 15 is 0 Å². The molecule has 6 heteroatoms. The van der Waals surface area contributed by atoms with Crippen LogP contribution in [0.3, 0.4) is 0 Å². The fourth-order valence-corrected chi connectivity index (χ4v) is 1.12. The van der Waals surface area contributed by atoms with E-state index in [1.54, 1.807) is 0 Å². The number of amides is 1. The zero-order chi connectivity index (χ0) is 12.7. The zero-order valence-electron chi connectivity index (χ0n) is 9.90. The number of hydrogen-bond donors (Lipinski definition) is 3. The zero-order valence-corrected chi connectivity index (χ0v) is 9.90. The Morgan fingerprint density at radius 1 is 1.50 bits per heavy atom. The lowest BCUT2D eigenvalue weighted by molar-refractivity contribution is -0.143. The van der Waals surface area contributed by atoms with Gasteiger partial charge in [0.2, 0.25) is 5.91 Å². The summed E-state index contributed by atoms with van der Waals surface area (Å²) < 4.78 is 4.70. The van der Waals surface area contributed by atoms with Crippen LogP contribution in [-0.2, 0) is 14.3 Å². The maximum Gasteiger partial charge on any atom is 0.328 e. The largest absolute Gasteiger partial charge is 0.480 e. The molecule has 94 valence electrons. The van der Waals surface area contributed by atoms with E-state index < -0.39 is 24.0 Å². The number of carboxylic acid groups (broad SMARTS) is 1. The number of carbonyl (C=O) groups is 2. The summed E-state index contributed by atoms with van der Waals surface area (Å²) in [5.74, 6) is -1.58. The van der Waals surface area contributed by atoms with Gasteiger partial charge in [0, 0.05) is 7.11 Å². The molecule has 1 amide bonds. The molecule has 0 heterocycles. The molecule has 0 radical (unpaired) electrons.